The topological polar surface area (TPSA) is 87.0 Å². The Morgan fingerprint density at radius 1 is 1.06 bits per heavy atom. The molecule has 0 heterocycles. The third-order valence-electron chi connectivity index (χ3n) is 12.4. The Bertz CT molecular complexity index is 920. The molecule has 0 saturated heterocycles. The van der Waals surface area contributed by atoms with Crippen LogP contribution in [0.15, 0.2) is 11.1 Å². The maximum absolute atomic E-state index is 12.9. The van der Waals surface area contributed by atoms with Crippen LogP contribution in [-0.2, 0) is 9.53 Å². The zero-order valence-electron chi connectivity index (χ0n) is 24.3. The quantitative estimate of drug-likeness (QED) is 0.419. The largest absolute Gasteiger partial charge is 0.392 e. The summed E-state index contributed by atoms with van der Waals surface area (Å²) in [5.74, 6) is 1.01. The third kappa shape index (κ3) is 3.81. The summed E-state index contributed by atoms with van der Waals surface area (Å²) in [6.45, 7) is 17.3. The smallest absolute Gasteiger partial charge is 0.138 e. The van der Waals surface area contributed by atoms with Crippen LogP contribution in [0.25, 0.3) is 0 Å². The average Bonchev–Trinajstić information content (AvgIpc) is 3.13. The first-order chi connectivity index (χ1) is 16.5. The van der Waals surface area contributed by atoms with Crippen molar-refractivity contribution in [2.75, 3.05) is 7.11 Å². The summed E-state index contributed by atoms with van der Waals surface area (Å²) in [5, 5.41) is 33.4. The summed E-state index contributed by atoms with van der Waals surface area (Å²) in [6, 6.07) is 0. The molecule has 4 aliphatic carbocycles. The van der Waals surface area contributed by atoms with E-state index in [-0.39, 0.29) is 33.5 Å². The maximum Gasteiger partial charge on any atom is 0.138 e. The number of fused-ring (bicyclic) bond motifs is 5. The van der Waals surface area contributed by atoms with Gasteiger partial charge in [0.2, 0.25) is 0 Å². The van der Waals surface area contributed by atoms with Gasteiger partial charge in [-0.15, -0.1) is 0 Å². The molecule has 0 bridgehead atoms. The van der Waals surface area contributed by atoms with Crippen molar-refractivity contribution in [2.45, 2.75) is 131 Å². The second kappa shape index (κ2) is 8.89. The van der Waals surface area contributed by atoms with Gasteiger partial charge in [-0.1, -0.05) is 52.7 Å². The molecule has 0 aliphatic heterocycles. The highest BCUT2D eigenvalue weighted by Gasteiger charge is 2.69. The summed E-state index contributed by atoms with van der Waals surface area (Å²) in [6.07, 6.45) is 4.57. The van der Waals surface area contributed by atoms with Crippen molar-refractivity contribution in [3.8, 4) is 0 Å². The average molecular weight is 505 g/mol. The molecule has 0 amide bonds. The number of rotatable bonds is 6. The van der Waals surface area contributed by atoms with E-state index >= 15 is 0 Å². The SMILES string of the molecule is COC(C)(C)C(O)C(O)CC(C)C1=C2CC(O)C3C4(C)CCC(=O)C(C)(C)C4CCC3(C)C2(C)CC1. The summed E-state index contributed by atoms with van der Waals surface area (Å²) >= 11 is 0. The van der Waals surface area contributed by atoms with Gasteiger partial charge >= 0.3 is 0 Å². The zero-order valence-corrected chi connectivity index (χ0v) is 24.3. The van der Waals surface area contributed by atoms with Crippen LogP contribution < -0.4 is 0 Å². The number of aliphatic hydroxyl groups excluding tert-OH is 3. The van der Waals surface area contributed by atoms with Crippen LogP contribution in [0, 0.1) is 39.4 Å². The molecular formula is C31H52O5. The standard InChI is InChI=1S/C31H52O5/c1-18(16-22(33)26(35)28(4,5)36-9)19-10-14-30(7)20(19)17-21(32)25-29(6)13-12-24(34)27(2,3)23(29)11-15-31(25,30)8/h18,21-23,25-26,32-33,35H,10-17H2,1-9H3. The number of ketones is 1. The van der Waals surface area contributed by atoms with Crippen molar-refractivity contribution in [2.24, 2.45) is 39.4 Å². The summed E-state index contributed by atoms with van der Waals surface area (Å²) in [4.78, 5) is 12.9. The number of carbonyl (C=O) groups excluding carboxylic acids is 1. The first-order valence-electron chi connectivity index (χ1n) is 14.3. The van der Waals surface area contributed by atoms with Gasteiger partial charge in [-0.05, 0) is 92.8 Å². The van der Waals surface area contributed by atoms with Crippen LogP contribution >= 0.6 is 0 Å². The van der Waals surface area contributed by atoms with Crippen molar-refractivity contribution in [3.05, 3.63) is 11.1 Å². The highest BCUT2D eigenvalue weighted by molar-refractivity contribution is 5.85. The molecule has 3 N–H and O–H groups in total. The van der Waals surface area contributed by atoms with Crippen LogP contribution in [0.3, 0.4) is 0 Å². The minimum Gasteiger partial charge on any atom is -0.392 e. The molecule has 9 unspecified atom stereocenters. The van der Waals surface area contributed by atoms with Gasteiger partial charge in [-0.25, -0.2) is 0 Å². The molecule has 3 saturated carbocycles. The lowest BCUT2D eigenvalue weighted by molar-refractivity contribution is -0.208. The molecular weight excluding hydrogens is 452 g/mol. The lowest BCUT2D eigenvalue weighted by atomic mass is 9.36. The molecule has 4 rings (SSSR count). The molecule has 0 aromatic heterocycles. The van der Waals surface area contributed by atoms with Gasteiger partial charge in [0.05, 0.1) is 17.8 Å². The van der Waals surface area contributed by atoms with Gasteiger partial charge < -0.3 is 20.1 Å². The monoisotopic (exact) mass is 504 g/mol. The minimum absolute atomic E-state index is 0.00936. The second-order valence-electron chi connectivity index (χ2n) is 14.7. The summed E-state index contributed by atoms with van der Waals surface area (Å²) < 4.78 is 5.41. The molecule has 206 valence electrons. The van der Waals surface area contributed by atoms with Crippen molar-refractivity contribution in [1.82, 2.24) is 0 Å². The Balaban J connectivity index is 1.66. The predicted molar refractivity (Wildman–Crippen MR) is 142 cm³/mol. The Morgan fingerprint density at radius 3 is 2.31 bits per heavy atom. The number of ether oxygens (including phenoxy) is 1. The fraction of sp³-hybridized carbons (Fsp3) is 0.903. The number of aliphatic hydroxyl groups is 3. The van der Waals surface area contributed by atoms with Gasteiger partial charge in [-0.3, -0.25) is 4.79 Å². The van der Waals surface area contributed by atoms with E-state index in [1.165, 1.54) is 11.1 Å². The number of hydrogen-bond donors (Lipinski definition) is 3. The Morgan fingerprint density at radius 2 is 1.69 bits per heavy atom. The van der Waals surface area contributed by atoms with E-state index < -0.39 is 23.9 Å². The van der Waals surface area contributed by atoms with E-state index in [0.717, 1.165) is 32.1 Å². The van der Waals surface area contributed by atoms with E-state index in [9.17, 15) is 20.1 Å². The maximum atomic E-state index is 12.9. The van der Waals surface area contributed by atoms with Gasteiger partial charge in [0, 0.05) is 18.9 Å². The minimum atomic E-state index is -0.963. The van der Waals surface area contributed by atoms with Gasteiger partial charge in [0.1, 0.15) is 11.9 Å². The van der Waals surface area contributed by atoms with Crippen molar-refractivity contribution < 1.29 is 24.9 Å². The number of carbonyl (C=O) groups is 1. The molecule has 0 spiro atoms. The molecule has 0 aromatic carbocycles. The summed E-state index contributed by atoms with van der Waals surface area (Å²) in [7, 11) is 1.56. The zero-order chi connectivity index (χ0) is 27.1. The van der Waals surface area contributed by atoms with Crippen LogP contribution in [-0.4, -0.2) is 52.1 Å². The van der Waals surface area contributed by atoms with Gasteiger partial charge in [0.25, 0.3) is 0 Å². The van der Waals surface area contributed by atoms with Crippen LogP contribution in [0.4, 0.5) is 0 Å². The Kier molecular flexibility index (Phi) is 6.98. The number of hydrogen-bond acceptors (Lipinski definition) is 5. The molecule has 9 atom stereocenters. The molecule has 3 fully saturated rings. The molecule has 0 aromatic rings. The van der Waals surface area contributed by atoms with Crippen molar-refractivity contribution in [1.29, 1.82) is 0 Å². The molecule has 5 nitrogen and oxygen atoms in total. The van der Waals surface area contributed by atoms with E-state index in [0.29, 0.717) is 31.0 Å². The van der Waals surface area contributed by atoms with Crippen LogP contribution in [0.2, 0.25) is 0 Å². The first kappa shape index (κ1) is 28.3. The fourth-order valence-corrected chi connectivity index (χ4v) is 9.89. The number of methoxy groups -OCH3 is 1. The van der Waals surface area contributed by atoms with E-state index in [4.69, 9.17) is 4.74 Å². The van der Waals surface area contributed by atoms with E-state index in [1.54, 1.807) is 21.0 Å². The lowest BCUT2D eigenvalue weighted by Gasteiger charge is -2.69. The highest BCUT2D eigenvalue weighted by Crippen LogP contribution is 2.74. The Hall–Kier alpha value is -0.750. The lowest BCUT2D eigenvalue weighted by Crippen LogP contribution is -2.65. The van der Waals surface area contributed by atoms with E-state index in [2.05, 4.69) is 41.5 Å². The molecule has 0 radical (unpaired) electrons. The highest BCUT2D eigenvalue weighted by atomic mass is 16.5. The Labute approximate surface area is 219 Å². The molecule has 5 heteroatoms. The van der Waals surface area contributed by atoms with Crippen LogP contribution in [0.1, 0.15) is 107 Å². The first-order valence-corrected chi connectivity index (χ1v) is 14.3. The predicted octanol–water partition coefficient (Wildman–Crippen LogP) is 5.45. The van der Waals surface area contributed by atoms with E-state index in [1.807, 2.05) is 0 Å². The van der Waals surface area contributed by atoms with Crippen molar-refractivity contribution in [3.63, 3.8) is 0 Å². The number of Topliss-reactive ketones (excluding diaryl/α,β-unsaturated/α-hetero) is 1. The number of allylic oxidation sites excluding steroid dienone is 1. The van der Waals surface area contributed by atoms with Gasteiger partial charge in [0.15, 0.2) is 0 Å². The third-order valence-corrected chi connectivity index (χ3v) is 12.4. The second-order valence-corrected chi connectivity index (χ2v) is 14.7. The molecule has 4 aliphatic rings. The van der Waals surface area contributed by atoms with Gasteiger partial charge in [-0.2, -0.15) is 0 Å². The van der Waals surface area contributed by atoms with Crippen molar-refractivity contribution >= 4 is 5.78 Å². The van der Waals surface area contributed by atoms with Crippen LogP contribution in [0.5, 0.6) is 0 Å². The normalized spacial score (nSPS) is 42.9. The molecule has 36 heavy (non-hydrogen) atoms. The summed E-state index contributed by atoms with van der Waals surface area (Å²) in [5.41, 5.74) is 1.58. The fourth-order valence-electron chi connectivity index (χ4n) is 9.89.